The first kappa shape index (κ1) is 11.4. The molecule has 3 nitrogen and oxygen atoms in total. The van der Waals surface area contributed by atoms with Gasteiger partial charge in [-0.2, -0.15) is 0 Å². The van der Waals surface area contributed by atoms with E-state index in [-0.39, 0.29) is 5.54 Å². The van der Waals surface area contributed by atoms with Crippen molar-refractivity contribution in [2.75, 3.05) is 13.2 Å². The van der Waals surface area contributed by atoms with Gasteiger partial charge in [-0.3, -0.25) is 0 Å². The number of halogens is 1. The van der Waals surface area contributed by atoms with E-state index < -0.39 is 0 Å². The third-order valence-corrected chi connectivity index (χ3v) is 3.34. The highest BCUT2D eigenvalue weighted by atomic mass is 127. The molecule has 1 aliphatic rings. The van der Waals surface area contributed by atoms with Gasteiger partial charge in [0.05, 0.1) is 13.2 Å². The molecule has 1 saturated heterocycles. The number of rotatable bonds is 3. The van der Waals surface area contributed by atoms with Gasteiger partial charge in [0.25, 0.3) is 0 Å². The minimum Gasteiger partial charge on any atom is -0.454 e. The van der Waals surface area contributed by atoms with Crippen molar-refractivity contribution in [2.24, 2.45) is 0 Å². The lowest BCUT2D eigenvalue weighted by atomic mass is 9.95. The van der Waals surface area contributed by atoms with Crippen molar-refractivity contribution < 1.29 is 9.15 Å². The van der Waals surface area contributed by atoms with Crippen LogP contribution < -0.4 is 5.32 Å². The van der Waals surface area contributed by atoms with E-state index in [0.29, 0.717) is 0 Å². The zero-order chi connectivity index (χ0) is 10.7. The average molecular weight is 321 g/mol. The Kier molecular flexibility index (Phi) is 3.69. The van der Waals surface area contributed by atoms with Crippen LogP contribution in [0.2, 0.25) is 0 Å². The minimum atomic E-state index is 0.108. The Morgan fingerprint density at radius 3 is 3.00 bits per heavy atom. The molecule has 4 heteroatoms. The molecule has 1 aromatic rings. The molecule has 0 spiro atoms. The topological polar surface area (TPSA) is 34.4 Å². The molecule has 1 N–H and O–H groups in total. The van der Waals surface area contributed by atoms with Crippen molar-refractivity contribution >= 4 is 22.6 Å². The predicted molar refractivity (Wildman–Crippen MR) is 66.7 cm³/mol. The predicted octanol–water partition coefficient (Wildman–Crippen LogP) is 2.54. The Morgan fingerprint density at radius 1 is 1.53 bits per heavy atom. The van der Waals surface area contributed by atoms with E-state index in [1.165, 1.54) is 6.42 Å². The molecule has 0 radical (unpaired) electrons. The molecular formula is C11H16INO2. The Bertz CT molecular complexity index is 318. The lowest BCUT2D eigenvalue weighted by Gasteiger charge is -2.34. The molecule has 0 amide bonds. The van der Waals surface area contributed by atoms with Gasteiger partial charge < -0.3 is 14.5 Å². The van der Waals surface area contributed by atoms with Gasteiger partial charge in [0.15, 0.2) is 3.77 Å². The highest BCUT2D eigenvalue weighted by molar-refractivity contribution is 14.1. The van der Waals surface area contributed by atoms with Crippen molar-refractivity contribution in [3.63, 3.8) is 0 Å². The minimum absolute atomic E-state index is 0.108. The Hall–Kier alpha value is -0.0700. The molecule has 1 aliphatic heterocycles. The second kappa shape index (κ2) is 4.84. The van der Waals surface area contributed by atoms with Crippen molar-refractivity contribution in [1.29, 1.82) is 0 Å². The van der Waals surface area contributed by atoms with Crippen LogP contribution in [0.15, 0.2) is 16.5 Å². The highest BCUT2D eigenvalue weighted by Gasteiger charge is 2.26. The van der Waals surface area contributed by atoms with Gasteiger partial charge in [-0.15, -0.1) is 0 Å². The van der Waals surface area contributed by atoms with Crippen molar-refractivity contribution in [2.45, 2.75) is 31.8 Å². The van der Waals surface area contributed by atoms with Crippen LogP contribution in [0.5, 0.6) is 0 Å². The molecule has 84 valence electrons. The summed E-state index contributed by atoms with van der Waals surface area (Å²) in [5.74, 6) is 0.992. The standard InChI is InChI=1S/C11H16INO2/c1-11(5-2-6-14-8-11)13-7-9-3-4-10(12)15-9/h3-4,13H,2,5-8H2,1H3. The van der Waals surface area contributed by atoms with Gasteiger partial charge >= 0.3 is 0 Å². The van der Waals surface area contributed by atoms with E-state index in [1.807, 2.05) is 12.1 Å². The lowest BCUT2D eigenvalue weighted by molar-refractivity contribution is 0.0270. The number of ether oxygens (including phenoxy) is 1. The first-order chi connectivity index (χ1) is 7.18. The van der Waals surface area contributed by atoms with Crippen molar-refractivity contribution in [3.8, 4) is 0 Å². The quantitative estimate of drug-likeness (QED) is 0.869. The van der Waals surface area contributed by atoms with E-state index in [1.54, 1.807) is 0 Å². The summed E-state index contributed by atoms with van der Waals surface area (Å²) in [6.45, 7) is 4.68. The molecule has 15 heavy (non-hydrogen) atoms. The van der Waals surface area contributed by atoms with E-state index in [2.05, 4.69) is 34.8 Å². The zero-order valence-corrected chi connectivity index (χ0v) is 11.0. The molecule has 0 saturated carbocycles. The van der Waals surface area contributed by atoms with Crippen LogP contribution in [-0.2, 0) is 11.3 Å². The Balaban J connectivity index is 1.86. The Morgan fingerprint density at radius 2 is 2.40 bits per heavy atom. The van der Waals surface area contributed by atoms with Gasteiger partial charge in [0.2, 0.25) is 0 Å². The third-order valence-electron chi connectivity index (χ3n) is 2.76. The molecule has 0 bridgehead atoms. The van der Waals surface area contributed by atoms with Gasteiger partial charge in [0, 0.05) is 12.1 Å². The van der Waals surface area contributed by atoms with E-state index in [0.717, 1.165) is 35.7 Å². The SMILES string of the molecule is CC1(NCc2ccc(I)o2)CCCOC1. The monoisotopic (exact) mass is 321 g/mol. The largest absolute Gasteiger partial charge is 0.454 e. The van der Waals surface area contributed by atoms with Crippen LogP contribution >= 0.6 is 22.6 Å². The normalized spacial score (nSPS) is 26.8. The molecule has 2 heterocycles. The number of nitrogens with one attached hydrogen (secondary N) is 1. The van der Waals surface area contributed by atoms with Gasteiger partial charge in [-0.25, -0.2) is 0 Å². The van der Waals surface area contributed by atoms with Crippen molar-refractivity contribution in [1.82, 2.24) is 5.32 Å². The summed E-state index contributed by atoms with van der Waals surface area (Å²) in [5.41, 5.74) is 0.108. The second-order valence-corrected chi connectivity index (χ2v) is 5.34. The fourth-order valence-electron chi connectivity index (χ4n) is 1.82. The maximum atomic E-state index is 5.50. The Labute approximate surface area is 104 Å². The van der Waals surface area contributed by atoms with Crippen LogP contribution in [-0.4, -0.2) is 18.8 Å². The van der Waals surface area contributed by atoms with E-state index >= 15 is 0 Å². The maximum Gasteiger partial charge on any atom is 0.164 e. The summed E-state index contributed by atoms with van der Waals surface area (Å²) in [7, 11) is 0. The number of hydrogen-bond donors (Lipinski definition) is 1. The number of furan rings is 1. The van der Waals surface area contributed by atoms with E-state index in [9.17, 15) is 0 Å². The van der Waals surface area contributed by atoms with E-state index in [4.69, 9.17) is 9.15 Å². The van der Waals surface area contributed by atoms with Gasteiger partial charge in [-0.05, 0) is 54.5 Å². The molecule has 1 aromatic heterocycles. The third kappa shape index (κ3) is 3.19. The summed E-state index contributed by atoms with van der Waals surface area (Å²) in [4.78, 5) is 0. The van der Waals surface area contributed by atoms with Crippen LogP contribution in [0.1, 0.15) is 25.5 Å². The van der Waals surface area contributed by atoms with Crippen LogP contribution in [0.3, 0.4) is 0 Å². The summed E-state index contributed by atoms with van der Waals surface area (Å²) in [6.07, 6.45) is 2.31. The highest BCUT2D eigenvalue weighted by Crippen LogP contribution is 2.19. The first-order valence-corrected chi connectivity index (χ1v) is 6.33. The lowest BCUT2D eigenvalue weighted by Crippen LogP contribution is -2.48. The molecule has 1 unspecified atom stereocenters. The smallest absolute Gasteiger partial charge is 0.164 e. The summed E-state index contributed by atoms with van der Waals surface area (Å²) in [6, 6.07) is 4.00. The van der Waals surface area contributed by atoms with Crippen molar-refractivity contribution in [3.05, 3.63) is 21.7 Å². The van der Waals surface area contributed by atoms with Gasteiger partial charge in [0.1, 0.15) is 5.76 Å². The van der Waals surface area contributed by atoms with Gasteiger partial charge in [-0.1, -0.05) is 0 Å². The maximum absolute atomic E-state index is 5.50. The molecule has 1 atom stereocenters. The summed E-state index contributed by atoms with van der Waals surface area (Å²) in [5, 5.41) is 3.51. The molecule has 0 aromatic carbocycles. The fourth-order valence-corrected chi connectivity index (χ4v) is 2.28. The van der Waals surface area contributed by atoms with Crippen LogP contribution in [0.25, 0.3) is 0 Å². The summed E-state index contributed by atoms with van der Waals surface area (Å²) < 4.78 is 11.9. The van der Waals surface area contributed by atoms with Crippen LogP contribution in [0.4, 0.5) is 0 Å². The number of hydrogen-bond acceptors (Lipinski definition) is 3. The fraction of sp³-hybridized carbons (Fsp3) is 0.636. The average Bonchev–Trinajstić information content (AvgIpc) is 2.63. The molecule has 2 rings (SSSR count). The second-order valence-electron chi connectivity index (χ2n) is 4.28. The van der Waals surface area contributed by atoms with Crippen LogP contribution in [0, 0.1) is 3.77 Å². The summed E-state index contributed by atoms with van der Waals surface area (Å²) >= 11 is 2.18. The molecular weight excluding hydrogens is 305 g/mol. The first-order valence-electron chi connectivity index (χ1n) is 5.25. The molecule has 0 aliphatic carbocycles. The zero-order valence-electron chi connectivity index (χ0n) is 8.88. The molecule has 1 fully saturated rings.